The van der Waals surface area contributed by atoms with Gasteiger partial charge in [0.15, 0.2) is 0 Å². The molecule has 0 spiro atoms. The van der Waals surface area contributed by atoms with Gasteiger partial charge in [0.1, 0.15) is 18.3 Å². The number of thiol groups is 1. The Hall–Kier alpha value is 0.230. The van der Waals surface area contributed by atoms with Crippen LogP contribution in [0.25, 0.3) is 0 Å². The lowest BCUT2D eigenvalue weighted by atomic mass is 10.1. The van der Waals surface area contributed by atoms with Crippen molar-refractivity contribution in [2.24, 2.45) is 0 Å². The molecule has 2 aliphatic rings. The van der Waals surface area contributed by atoms with E-state index >= 15 is 0 Å². The second kappa shape index (κ2) is 2.37. The van der Waals surface area contributed by atoms with Crippen molar-refractivity contribution in [1.29, 1.82) is 0 Å². The minimum Gasteiger partial charge on any atom is -0.388 e. The fourth-order valence-corrected chi connectivity index (χ4v) is 1.80. The van der Waals surface area contributed by atoms with Crippen molar-refractivity contribution in [1.82, 2.24) is 0 Å². The molecule has 0 bridgehead atoms. The molecule has 0 aromatic carbocycles. The number of ether oxygens (including phenoxy) is 2. The molecule has 0 saturated carbocycles. The summed E-state index contributed by atoms with van der Waals surface area (Å²) in [5, 5.41) is 9.37. The zero-order valence-electron chi connectivity index (χ0n) is 5.43. The van der Waals surface area contributed by atoms with Crippen molar-refractivity contribution in [3.63, 3.8) is 0 Å². The molecule has 0 radical (unpaired) electrons. The molecular weight excluding hydrogens is 152 g/mol. The second-order valence-corrected chi connectivity index (χ2v) is 3.39. The van der Waals surface area contributed by atoms with Gasteiger partial charge in [-0.25, -0.2) is 0 Å². The Balaban J connectivity index is 2.09. The van der Waals surface area contributed by atoms with Gasteiger partial charge in [-0.15, -0.1) is 0 Å². The maximum atomic E-state index is 9.23. The van der Waals surface area contributed by atoms with Gasteiger partial charge in [0.25, 0.3) is 0 Å². The molecule has 3 nitrogen and oxygen atoms in total. The van der Waals surface area contributed by atoms with E-state index in [9.17, 15) is 5.11 Å². The lowest BCUT2D eigenvalue weighted by Crippen LogP contribution is -2.29. The summed E-state index contributed by atoms with van der Waals surface area (Å²) in [4.78, 5) is 0. The van der Waals surface area contributed by atoms with Crippen LogP contribution in [0.4, 0.5) is 0 Å². The molecular formula is C6H10O3S. The van der Waals surface area contributed by atoms with Gasteiger partial charge in [-0.05, 0) is 0 Å². The highest BCUT2D eigenvalue weighted by atomic mass is 32.1. The van der Waals surface area contributed by atoms with E-state index in [0.717, 1.165) is 0 Å². The van der Waals surface area contributed by atoms with Crippen LogP contribution in [0.5, 0.6) is 0 Å². The first-order valence-electron chi connectivity index (χ1n) is 3.38. The van der Waals surface area contributed by atoms with Crippen molar-refractivity contribution in [2.75, 3.05) is 13.2 Å². The van der Waals surface area contributed by atoms with E-state index in [4.69, 9.17) is 9.47 Å². The van der Waals surface area contributed by atoms with Crippen LogP contribution in [0, 0.1) is 0 Å². The molecule has 0 aromatic rings. The van der Waals surface area contributed by atoms with E-state index in [0.29, 0.717) is 13.2 Å². The minimum absolute atomic E-state index is 0.0123. The SMILES string of the molecule is O[C@@H]1COC2C1OC[C@@H]2S. The molecule has 2 aliphatic heterocycles. The van der Waals surface area contributed by atoms with Gasteiger partial charge in [0.05, 0.1) is 18.5 Å². The number of aliphatic hydroxyl groups is 1. The maximum Gasteiger partial charge on any atom is 0.113 e. The third-order valence-corrected chi connectivity index (χ3v) is 2.44. The Bertz CT molecular complexity index is 125. The summed E-state index contributed by atoms with van der Waals surface area (Å²) >= 11 is 4.25. The molecule has 2 rings (SSSR count). The summed E-state index contributed by atoms with van der Waals surface area (Å²) in [7, 11) is 0. The zero-order valence-corrected chi connectivity index (χ0v) is 6.33. The van der Waals surface area contributed by atoms with Crippen LogP contribution >= 0.6 is 12.6 Å². The van der Waals surface area contributed by atoms with Gasteiger partial charge < -0.3 is 14.6 Å². The summed E-state index contributed by atoms with van der Waals surface area (Å²) in [6.45, 7) is 0.988. The van der Waals surface area contributed by atoms with Crippen molar-refractivity contribution >= 4 is 12.6 Å². The van der Waals surface area contributed by atoms with Crippen LogP contribution in [0.15, 0.2) is 0 Å². The van der Waals surface area contributed by atoms with Crippen molar-refractivity contribution in [3.05, 3.63) is 0 Å². The fourth-order valence-electron chi connectivity index (χ4n) is 1.46. The first-order valence-corrected chi connectivity index (χ1v) is 3.90. The van der Waals surface area contributed by atoms with Crippen LogP contribution in [0.2, 0.25) is 0 Å². The third kappa shape index (κ3) is 0.871. The summed E-state index contributed by atoms with van der Waals surface area (Å²) < 4.78 is 10.5. The van der Waals surface area contributed by atoms with Gasteiger partial charge in [-0.1, -0.05) is 0 Å². The molecule has 0 aliphatic carbocycles. The van der Waals surface area contributed by atoms with Gasteiger partial charge >= 0.3 is 0 Å². The highest BCUT2D eigenvalue weighted by molar-refractivity contribution is 7.81. The maximum absolute atomic E-state index is 9.23. The van der Waals surface area contributed by atoms with Crippen LogP contribution in [0.3, 0.4) is 0 Å². The van der Waals surface area contributed by atoms with E-state index < -0.39 is 6.10 Å². The largest absolute Gasteiger partial charge is 0.388 e. The predicted octanol–water partition coefficient (Wildman–Crippen LogP) is -0.557. The molecule has 10 heavy (non-hydrogen) atoms. The average molecular weight is 162 g/mol. The molecule has 2 heterocycles. The number of hydrogen-bond acceptors (Lipinski definition) is 4. The van der Waals surface area contributed by atoms with E-state index in [2.05, 4.69) is 12.6 Å². The molecule has 4 atom stereocenters. The zero-order chi connectivity index (χ0) is 7.14. The fraction of sp³-hybridized carbons (Fsp3) is 1.00. The predicted molar refractivity (Wildman–Crippen MR) is 38.3 cm³/mol. The summed E-state index contributed by atoms with van der Waals surface area (Å²) in [6.07, 6.45) is -0.553. The Morgan fingerprint density at radius 1 is 1.20 bits per heavy atom. The molecule has 2 fully saturated rings. The number of rotatable bonds is 0. The van der Waals surface area contributed by atoms with Crippen molar-refractivity contribution in [3.8, 4) is 0 Å². The standard InChI is InChI=1S/C6H10O3S/c7-3-1-8-6-4(10)2-9-5(3)6/h3-7,10H,1-2H2/t3-,4+,5?,6?/m1/s1. The van der Waals surface area contributed by atoms with Crippen LogP contribution < -0.4 is 0 Å². The van der Waals surface area contributed by atoms with Gasteiger partial charge in [-0.3, -0.25) is 0 Å². The number of hydrogen-bond donors (Lipinski definition) is 2. The molecule has 0 aromatic heterocycles. The monoisotopic (exact) mass is 162 g/mol. The molecule has 1 N–H and O–H groups in total. The lowest BCUT2D eigenvalue weighted by molar-refractivity contribution is 0.0188. The Kier molecular flexibility index (Phi) is 1.64. The van der Waals surface area contributed by atoms with Gasteiger partial charge in [0, 0.05) is 0 Å². The smallest absolute Gasteiger partial charge is 0.113 e. The number of fused-ring (bicyclic) bond motifs is 1. The highest BCUT2D eigenvalue weighted by Crippen LogP contribution is 2.29. The quantitative estimate of drug-likeness (QED) is 0.469. The first-order chi connectivity index (χ1) is 4.79. The third-order valence-electron chi connectivity index (χ3n) is 2.00. The Morgan fingerprint density at radius 3 is 2.60 bits per heavy atom. The first kappa shape index (κ1) is 6.91. The lowest BCUT2D eigenvalue weighted by Gasteiger charge is -2.09. The van der Waals surface area contributed by atoms with Crippen molar-refractivity contribution < 1.29 is 14.6 Å². The normalized spacial score (nSPS) is 53.4. The van der Waals surface area contributed by atoms with Crippen LogP contribution in [-0.4, -0.2) is 41.9 Å². The molecule has 2 unspecified atom stereocenters. The van der Waals surface area contributed by atoms with Crippen LogP contribution in [-0.2, 0) is 9.47 Å². The van der Waals surface area contributed by atoms with E-state index in [1.54, 1.807) is 0 Å². The van der Waals surface area contributed by atoms with Gasteiger partial charge in [0.2, 0.25) is 0 Å². The number of aliphatic hydroxyl groups excluding tert-OH is 1. The minimum atomic E-state index is -0.442. The average Bonchev–Trinajstić information content (AvgIpc) is 2.41. The van der Waals surface area contributed by atoms with E-state index in [1.165, 1.54) is 0 Å². The molecule has 0 amide bonds. The van der Waals surface area contributed by atoms with Gasteiger partial charge in [-0.2, -0.15) is 12.6 Å². The molecule has 2 saturated heterocycles. The van der Waals surface area contributed by atoms with Crippen molar-refractivity contribution in [2.45, 2.75) is 23.6 Å². The van der Waals surface area contributed by atoms with E-state index in [-0.39, 0.29) is 17.5 Å². The topological polar surface area (TPSA) is 38.7 Å². The summed E-state index contributed by atoms with van der Waals surface area (Å²) in [5.41, 5.74) is 0. The van der Waals surface area contributed by atoms with E-state index in [1.807, 2.05) is 0 Å². The van der Waals surface area contributed by atoms with Crippen LogP contribution in [0.1, 0.15) is 0 Å². The summed E-state index contributed by atoms with van der Waals surface area (Å²) in [5.74, 6) is 0. The molecule has 58 valence electrons. The Labute approximate surface area is 64.7 Å². The highest BCUT2D eigenvalue weighted by Gasteiger charge is 2.45. The molecule has 4 heteroatoms. The second-order valence-electron chi connectivity index (χ2n) is 2.73. The summed E-state index contributed by atoms with van der Waals surface area (Å²) in [6, 6.07) is 0. The Morgan fingerprint density at radius 2 is 1.90 bits per heavy atom.